The van der Waals surface area contributed by atoms with Gasteiger partial charge in [0.05, 0.1) is 32.8 Å². The van der Waals surface area contributed by atoms with Crippen LogP contribution in [0.1, 0.15) is 19.8 Å². The van der Waals surface area contributed by atoms with Crippen LogP contribution in [0.15, 0.2) is 23.8 Å². The molecular formula is C14H18O6. The fourth-order valence-corrected chi connectivity index (χ4v) is 2.06. The fraction of sp³-hybridized carbons (Fsp3) is 0.500. The maximum atomic E-state index is 12.0. The molecular weight excluding hydrogens is 264 g/mol. The number of hydrogen-bond donors (Lipinski definition) is 0. The highest BCUT2D eigenvalue weighted by molar-refractivity contribution is 5.95. The van der Waals surface area contributed by atoms with E-state index in [-0.39, 0.29) is 25.0 Å². The van der Waals surface area contributed by atoms with Gasteiger partial charge in [-0.1, -0.05) is 18.2 Å². The molecule has 6 nitrogen and oxygen atoms in total. The molecule has 0 aromatic rings. The second kappa shape index (κ2) is 6.88. The molecule has 1 rings (SSSR count). The average molecular weight is 282 g/mol. The second-order valence-corrected chi connectivity index (χ2v) is 4.33. The quantitative estimate of drug-likeness (QED) is 0.556. The van der Waals surface area contributed by atoms with E-state index in [2.05, 4.69) is 4.74 Å². The molecule has 0 heterocycles. The second-order valence-electron chi connectivity index (χ2n) is 4.33. The van der Waals surface area contributed by atoms with E-state index in [1.54, 1.807) is 19.1 Å². The highest BCUT2D eigenvalue weighted by Gasteiger charge is 2.41. The van der Waals surface area contributed by atoms with Gasteiger partial charge < -0.3 is 14.2 Å². The normalized spacial score (nSPS) is 20.9. The number of carbonyl (C=O) groups excluding carboxylic acids is 3. The first-order valence-corrected chi connectivity index (χ1v) is 6.21. The Labute approximate surface area is 117 Å². The lowest BCUT2D eigenvalue weighted by Crippen LogP contribution is -2.35. The minimum Gasteiger partial charge on any atom is -0.468 e. The van der Waals surface area contributed by atoms with Gasteiger partial charge in [-0.3, -0.25) is 9.59 Å². The van der Waals surface area contributed by atoms with E-state index in [1.165, 1.54) is 20.3 Å². The van der Waals surface area contributed by atoms with Crippen LogP contribution in [0.25, 0.3) is 0 Å². The highest BCUT2D eigenvalue weighted by atomic mass is 16.5. The Morgan fingerprint density at radius 2 is 1.95 bits per heavy atom. The van der Waals surface area contributed by atoms with Gasteiger partial charge in [-0.2, -0.15) is 0 Å². The van der Waals surface area contributed by atoms with Crippen molar-refractivity contribution in [1.82, 2.24) is 0 Å². The lowest BCUT2D eigenvalue weighted by atomic mass is 9.76. The van der Waals surface area contributed by atoms with Gasteiger partial charge in [0.1, 0.15) is 5.41 Å². The molecule has 1 aliphatic rings. The SMILES string of the molecule is CCOC(=O)CC1(C(=O)OC)C=C(C(=O)OC)C=CC1. The van der Waals surface area contributed by atoms with Gasteiger partial charge in [0.25, 0.3) is 0 Å². The van der Waals surface area contributed by atoms with E-state index < -0.39 is 23.3 Å². The van der Waals surface area contributed by atoms with Crippen LogP contribution in [0.5, 0.6) is 0 Å². The van der Waals surface area contributed by atoms with Gasteiger partial charge in [-0.25, -0.2) is 4.79 Å². The van der Waals surface area contributed by atoms with Crippen LogP contribution >= 0.6 is 0 Å². The molecule has 0 bridgehead atoms. The van der Waals surface area contributed by atoms with Crippen LogP contribution in [-0.2, 0) is 28.6 Å². The molecule has 1 atom stereocenters. The lowest BCUT2D eigenvalue weighted by Gasteiger charge is -2.28. The van der Waals surface area contributed by atoms with Crippen molar-refractivity contribution in [2.24, 2.45) is 5.41 Å². The number of allylic oxidation sites excluding steroid dienone is 1. The van der Waals surface area contributed by atoms with Crippen molar-refractivity contribution in [3.05, 3.63) is 23.8 Å². The van der Waals surface area contributed by atoms with Crippen LogP contribution in [0.4, 0.5) is 0 Å². The molecule has 0 aromatic heterocycles. The van der Waals surface area contributed by atoms with E-state index in [9.17, 15) is 14.4 Å². The van der Waals surface area contributed by atoms with E-state index >= 15 is 0 Å². The number of ether oxygens (including phenoxy) is 3. The monoisotopic (exact) mass is 282 g/mol. The molecule has 0 spiro atoms. The summed E-state index contributed by atoms with van der Waals surface area (Å²) in [6, 6.07) is 0. The number of rotatable bonds is 5. The van der Waals surface area contributed by atoms with Crippen molar-refractivity contribution in [3.63, 3.8) is 0 Å². The number of esters is 3. The molecule has 110 valence electrons. The van der Waals surface area contributed by atoms with Crippen LogP contribution in [-0.4, -0.2) is 38.7 Å². The Morgan fingerprint density at radius 3 is 2.50 bits per heavy atom. The molecule has 0 fully saturated rings. The molecule has 0 saturated heterocycles. The Kier molecular flexibility index (Phi) is 5.49. The fourth-order valence-electron chi connectivity index (χ4n) is 2.06. The Morgan fingerprint density at radius 1 is 1.25 bits per heavy atom. The summed E-state index contributed by atoms with van der Waals surface area (Å²) in [6.07, 6.45) is 4.69. The van der Waals surface area contributed by atoms with Crippen molar-refractivity contribution < 1.29 is 28.6 Å². The largest absolute Gasteiger partial charge is 0.468 e. The molecule has 0 saturated carbocycles. The minimum atomic E-state index is -1.22. The molecule has 0 amide bonds. The van der Waals surface area contributed by atoms with Crippen molar-refractivity contribution in [2.45, 2.75) is 19.8 Å². The molecule has 0 N–H and O–H groups in total. The first kappa shape index (κ1) is 15.9. The summed E-state index contributed by atoms with van der Waals surface area (Å²) in [5.41, 5.74) is -1.01. The van der Waals surface area contributed by atoms with Gasteiger partial charge in [0.15, 0.2) is 0 Å². The maximum Gasteiger partial charge on any atom is 0.337 e. The van der Waals surface area contributed by atoms with Crippen LogP contribution in [0.3, 0.4) is 0 Å². The molecule has 0 aliphatic heterocycles. The molecule has 1 aliphatic carbocycles. The first-order chi connectivity index (χ1) is 9.49. The van der Waals surface area contributed by atoms with E-state index in [1.807, 2.05) is 0 Å². The van der Waals surface area contributed by atoms with Gasteiger partial charge in [-0.15, -0.1) is 0 Å². The highest BCUT2D eigenvalue weighted by Crippen LogP contribution is 2.36. The maximum absolute atomic E-state index is 12.0. The molecule has 0 aromatic carbocycles. The number of hydrogen-bond acceptors (Lipinski definition) is 6. The predicted octanol–water partition coefficient (Wildman–Crippen LogP) is 1.16. The van der Waals surface area contributed by atoms with Crippen molar-refractivity contribution >= 4 is 17.9 Å². The summed E-state index contributed by atoms with van der Waals surface area (Å²) >= 11 is 0. The van der Waals surface area contributed by atoms with Gasteiger partial charge >= 0.3 is 17.9 Å². The first-order valence-electron chi connectivity index (χ1n) is 6.21. The van der Waals surface area contributed by atoms with Gasteiger partial charge in [-0.05, 0) is 13.3 Å². The van der Waals surface area contributed by atoms with Crippen LogP contribution in [0, 0.1) is 5.41 Å². The van der Waals surface area contributed by atoms with Crippen LogP contribution in [0.2, 0.25) is 0 Å². The summed E-state index contributed by atoms with van der Waals surface area (Å²) in [6.45, 7) is 1.90. The molecule has 0 radical (unpaired) electrons. The summed E-state index contributed by atoms with van der Waals surface area (Å²) in [4.78, 5) is 35.3. The van der Waals surface area contributed by atoms with E-state index in [0.29, 0.717) is 0 Å². The third kappa shape index (κ3) is 3.46. The third-order valence-corrected chi connectivity index (χ3v) is 2.99. The van der Waals surface area contributed by atoms with Crippen LogP contribution < -0.4 is 0 Å². The van der Waals surface area contributed by atoms with E-state index in [0.717, 1.165) is 0 Å². The smallest absolute Gasteiger partial charge is 0.337 e. The van der Waals surface area contributed by atoms with Crippen molar-refractivity contribution in [2.75, 3.05) is 20.8 Å². The number of methoxy groups -OCH3 is 2. The Balaban J connectivity index is 3.09. The standard InChI is InChI=1S/C14H18O6/c1-4-20-11(15)9-14(13(17)19-3)7-5-6-10(8-14)12(16)18-2/h5-6,8H,4,7,9H2,1-3H3. The summed E-state index contributed by atoms with van der Waals surface area (Å²) in [5, 5.41) is 0. The number of carbonyl (C=O) groups is 3. The summed E-state index contributed by atoms with van der Waals surface area (Å²) < 4.78 is 14.2. The molecule has 6 heteroatoms. The van der Waals surface area contributed by atoms with Gasteiger partial charge in [0.2, 0.25) is 0 Å². The average Bonchev–Trinajstić information content (AvgIpc) is 2.45. The molecule has 20 heavy (non-hydrogen) atoms. The summed E-state index contributed by atoms with van der Waals surface area (Å²) in [7, 11) is 2.48. The Hall–Kier alpha value is -2.11. The third-order valence-electron chi connectivity index (χ3n) is 2.99. The molecule has 1 unspecified atom stereocenters. The minimum absolute atomic E-state index is 0.182. The van der Waals surface area contributed by atoms with E-state index in [4.69, 9.17) is 9.47 Å². The Bertz CT molecular complexity index is 462. The zero-order valence-corrected chi connectivity index (χ0v) is 11.8. The van der Waals surface area contributed by atoms with Crippen molar-refractivity contribution in [1.29, 1.82) is 0 Å². The van der Waals surface area contributed by atoms with Gasteiger partial charge in [0, 0.05) is 0 Å². The topological polar surface area (TPSA) is 78.9 Å². The predicted molar refractivity (Wildman–Crippen MR) is 69.6 cm³/mol. The lowest BCUT2D eigenvalue weighted by molar-refractivity contribution is -0.157. The zero-order chi connectivity index (χ0) is 15.2. The zero-order valence-electron chi connectivity index (χ0n) is 11.8. The van der Waals surface area contributed by atoms with Crippen molar-refractivity contribution in [3.8, 4) is 0 Å². The summed E-state index contributed by atoms with van der Waals surface area (Å²) in [5.74, 6) is -1.68.